The molecule has 3 fully saturated rings. The summed E-state index contributed by atoms with van der Waals surface area (Å²) in [4.78, 5) is 31.3. The van der Waals surface area contributed by atoms with E-state index in [1.165, 1.54) is 11.1 Å². The quantitative estimate of drug-likeness (QED) is 0.133. The minimum Gasteiger partial charge on any atom is -0.462 e. The Hall–Kier alpha value is -2.23. The summed E-state index contributed by atoms with van der Waals surface area (Å²) in [5.41, 5.74) is 4.09. The number of nitrogens with zero attached hydrogens (tertiary/aromatic N) is 1. The molecule has 0 saturated heterocycles. The predicted octanol–water partition coefficient (Wildman–Crippen LogP) is 5.10. The summed E-state index contributed by atoms with van der Waals surface area (Å²) in [7, 11) is 0. The van der Waals surface area contributed by atoms with Crippen LogP contribution in [0.1, 0.15) is 98.3 Å². The standard InChI is InChI=1S/C26H43NO6.C3H6.CH3NO/c1-5-24(29)33-21-11-7-6-10-20(21)27(30)19-14-25(2,3)16-26(4,15-19)17-31-22-12-8-9-13-23(22)32-18-28;1-3-2;2-1-3/h5,18-23,30H,1,6-17H2,2-4H3;3H,1H2,2H3;1H,(H2,2,3). The minimum absolute atomic E-state index is 0.0369. The van der Waals surface area contributed by atoms with Crippen molar-refractivity contribution >= 4 is 18.9 Å². The summed E-state index contributed by atoms with van der Waals surface area (Å²) in [6, 6.07) is -0.237. The van der Waals surface area contributed by atoms with Crippen LogP contribution in [0.4, 0.5) is 0 Å². The highest BCUT2D eigenvalue weighted by Crippen LogP contribution is 2.48. The number of carbonyl (C=O) groups excluding carboxylic acids is 3. The van der Waals surface area contributed by atoms with Gasteiger partial charge in [-0.25, -0.2) is 4.79 Å². The molecule has 224 valence electrons. The van der Waals surface area contributed by atoms with Crippen molar-refractivity contribution in [3.8, 4) is 0 Å². The van der Waals surface area contributed by atoms with Crippen molar-refractivity contribution in [2.45, 2.75) is 129 Å². The highest BCUT2D eigenvalue weighted by molar-refractivity contribution is 5.81. The number of primary amides is 1. The van der Waals surface area contributed by atoms with Crippen LogP contribution in [-0.2, 0) is 28.6 Å². The Labute approximate surface area is 235 Å². The van der Waals surface area contributed by atoms with E-state index in [1.54, 1.807) is 6.08 Å². The average molecular weight is 553 g/mol. The number of rotatable bonds is 9. The van der Waals surface area contributed by atoms with Crippen LogP contribution in [0, 0.1) is 10.8 Å². The second kappa shape index (κ2) is 17.5. The van der Waals surface area contributed by atoms with Crippen LogP contribution in [0.25, 0.3) is 0 Å². The predicted molar refractivity (Wildman–Crippen MR) is 151 cm³/mol. The molecule has 0 radical (unpaired) electrons. The molecule has 0 heterocycles. The van der Waals surface area contributed by atoms with Crippen LogP contribution in [0.2, 0.25) is 0 Å². The summed E-state index contributed by atoms with van der Waals surface area (Å²) >= 11 is 0. The Morgan fingerprint density at radius 1 is 1.00 bits per heavy atom. The molecule has 0 aromatic carbocycles. The van der Waals surface area contributed by atoms with Gasteiger partial charge in [-0.15, -0.1) is 6.58 Å². The van der Waals surface area contributed by atoms with E-state index in [2.05, 4.69) is 39.7 Å². The van der Waals surface area contributed by atoms with Gasteiger partial charge >= 0.3 is 5.97 Å². The molecule has 0 aromatic heterocycles. The van der Waals surface area contributed by atoms with E-state index in [0.717, 1.165) is 70.6 Å². The molecule has 1 amide bonds. The van der Waals surface area contributed by atoms with Gasteiger partial charge in [-0.1, -0.05) is 46.3 Å². The van der Waals surface area contributed by atoms with Gasteiger partial charge in [-0.05, 0) is 75.5 Å². The Morgan fingerprint density at radius 2 is 1.54 bits per heavy atom. The number of ether oxygens (including phenoxy) is 3. The van der Waals surface area contributed by atoms with Crippen molar-refractivity contribution in [2.75, 3.05) is 6.61 Å². The van der Waals surface area contributed by atoms with Crippen molar-refractivity contribution in [2.24, 2.45) is 16.6 Å². The molecule has 3 rings (SSSR count). The lowest BCUT2D eigenvalue weighted by molar-refractivity contribution is -0.222. The zero-order valence-electron chi connectivity index (χ0n) is 24.5. The normalized spacial score (nSPS) is 31.7. The molecule has 9 nitrogen and oxygen atoms in total. The average Bonchev–Trinajstić information content (AvgIpc) is 2.88. The molecule has 0 aliphatic heterocycles. The van der Waals surface area contributed by atoms with Gasteiger partial charge in [0.15, 0.2) is 0 Å². The van der Waals surface area contributed by atoms with E-state index in [1.807, 2.05) is 6.92 Å². The number of hydrogen-bond acceptors (Lipinski definition) is 8. The number of hydrogen-bond donors (Lipinski definition) is 2. The Balaban J connectivity index is 0.00000116. The Kier molecular flexibility index (Phi) is 15.6. The van der Waals surface area contributed by atoms with Crippen LogP contribution < -0.4 is 5.73 Å². The summed E-state index contributed by atoms with van der Waals surface area (Å²) < 4.78 is 17.3. The fourth-order valence-corrected chi connectivity index (χ4v) is 6.65. The first-order valence-electron chi connectivity index (χ1n) is 14.2. The molecule has 3 saturated carbocycles. The van der Waals surface area contributed by atoms with Crippen molar-refractivity contribution < 1.29 is 33.8 Å². The van der Waals surface area contributed by atoms with Gasteiger partial charge < -0.3 is 25.2 Å². The van der Waals surface area contributed by atoms with Gasteiger partial charge in [-0.3, -0.25) is 9.59 Å². The van der Waals surface area contributed by atoms with Gasteiger partial charge in [0.25, 0.3) is 6.47 Å². The van der Waals surface area contributed by atoms with E-state index in [-0.39, 0.29) is 47.6 Å². The van der Waals surface area contributed by atoms with Crippen LogP contribution in [0.5, 0.6) is 0 Å². The largest absolute Gasteiger partial charge is 0.462 e. The second-order valence-electron chi connectivity index (χ2n) is 12.1. The van der Waals surface area contributed by atoms with Crippen molar-refractivity contribution in [1.82, 2.24) is 5.06 Å². The van der Waals surface area contributed by atoms with Gasteiger partial charge in [-0.2, -0.15) is 5.06 Å². The third-order valence-electron chi connectivity index (χ3n) is 7.76. The Morgan fingerprint density at radius 3 is 2.10 bits per heavy atom. The van der Waals surface area contributed by atoms with Gasteiger partial charge in [0.2, 0.25) is 6.41 Å². The van der Waals surface area contributed by atoms with E-state index >= 15 is 0 Å². The number of esters is 1. The molecule has 9 heteroatoms. The number of allylic oxidation sites excluding steroid dienone is 1. The lowest BCUT2D eigenvalue weighted by atomic mass is 9.62. The smallest absolute Gasteiger partial charge is 0.330 e. The monoisotopic (exact) mass is 552 g/mol. The number of nitrogens with two attached hydrogens (primary N) is 1. The molecule has 6 unspecified atom stereocenters. The molecule has 6 atom stereocenters. The first-order valence-corrected chi connectivity index (χ1v) is 14.2. The lowest BCUT2D eigenvalue weighted by Crippen LogP contribution is -2.55. The van der Waals surface area contributed by atoms with E-state index < -0.39 is 5.97 Å². The van der Waals surface area contributed by atoms with Crippen molar-refractivity contribution in [3.05, 3.63) is 25.3 Å². The van der Waals surface area contributed by atoms with Crippen molar-refractivity contribution in [3.63, 3.8) is 0 Å². The van der Waals surface area contributed by atoms with E-state index in [0.29, 0.717) is 13.1 Å². The maximum atomic E-state index is 11.9. The molecular weight excluding hydrogens is 500 g/mol. The van der Waals surface area contributed by atoms with Crippen LogP contribution in [0.15, 0.2) is 25.3 Å². The molecule has 0 spiro atoms. The fourth-order valence-electron chi connectivity index (χ4n) is 6.65. The number of carbonyl (C=O) groups is 3. The summed E-state index contributed by atoms with van der Waals surface area (Å²) in [6.45, 7) is 16.6. The highest BCUT2D eigenvalue weighted by atomic mass is 16.6. The maximum absolute atomic E-state index is 11.9. The maximum Gasteiger partial charge on any atom is 0.330 e. The SMILES string of the molecule is C=CC.C=CC(=O)OC1CCCCC1N(O)C1CC(C)(C)CC(C)(COC2CCCCC2OC=O)C1.NC=O. The first kappa shape index (κ1) is 34.8. The molecule has 39 heavy (non-hydrogen) atoms. The van der Waals surface area contributed by atoms with E-state index in [4.69, 9.17) is 19.0 Å². The fraction of sp³-hybridized carbons (Fsp3) is 0.767. The highest BCUT2D eigenvalue weighted by Gasteiger charge is 2.46. The van der Waals surface area contributed by atoms with Crippen molar-refractivity contribution in [1.29, 1.82) is 0 Å². The molecule has 3 aliphatic carbocycles. The first-order chi connectivity index (χ1) is 18.5. The zero-order valence-corrected chi connectivity index (χ0v) is 24.5. The van der Waals surface area contributed by atoms with Gasteiger partial charge in [0.05, 0.1) is 18.8 Å². The second-order valence-corrected chi connectivity index (χ2v) is 12.1. The summed E-state index contributed by atoms with van der Waals surface area (Å²) in [6.07, 6.45) is 12.8. The van der Waals surface area contributed by atoms with E-state index in [9.17, 15) is 14.8 Å². The molecule has 3 aliphatic rings. The van der Waals surface area contributed by atoms with Gasteiger partial charge in [0.1, 0.15) is 12.2 Å². The molecule has 0 aromatic rings. The van der Waals surface area contributed by atoms with Gasteiger partial charge in [0, 0.05) is 12.1 Å². The number of hydroxylamine groups is 2. The third-order valence-corrected chi connectivity index (χ3v) is 7.76. The summed E-state index contributed by atoms with van der Waals surface area (Å²) in [5.74, 6) is -0.429. The minimum atomic E-state index is -0.429. The lowest BCUT2D eigenvalue weighted by Gasteiger charge is -2.51. The molecule has 0 bridgehead atoms. The van der Waals surface area contributed by atoms with Crippen LogP contribution in [-0.4, -0.2) is 66.1 Å². The zero-order chi connectivity index (χ0) is 29.5. The molecule has 3 N–H and O–H groups in total. The molecular formula is C30H52N2O7. The Bertz CT molecular complexity index is 768. The summed E-state index contributed by atoms with van der Waals surface area (Å²) in [5, 5.41) is 12.9. The van der Waals surface area contributed by atoms with Crippen LogP contribution >= 0.6 is 0 Å². The third kappa shape index (κ3) is 11.8. The van der Waals surface area contributed by atoms with Crippen LogP contribution in [0.3, 0.4) is 0 Å². The topological polar surface area (TPSA) is 128 Å². The number of amides is 1.